The Kier molecular flexibility index (Phi) is 2.26. The quantitative estimate of drug-likeness (QED) is 0.718. The molecule has 0 N–H and O–H groups in total. The first-order chi connectivity index (χ1) is 7.11. The maximum atomic E-state index is 13.4. The highest BCUT2D eigenvalue weighted by Gasteiger charge is 2.08. The molecule has 15 heavy (non-hydrogen) atoms. The minimum absolute atomic E-state index is 0.208. The summed E-state index contributed by atoms with van der Waals surface area (Å²) in [6.07, 6.45) is 0. The number of nitrogens with zero attached hydrogens (tertiary/aromatic N) is 2. The Morgan fingerprint density at radius 3 is 2.60 bits per heavy atom. The highest BCUT2D eigenvalue weighted by molar-refractivity contribution is 5.82. The van der Waals surface area contributed by atoms with Crippen LogP contribution in [0.2, 0.25) is 0 Å². The second-order valence-corrected chi connectivity index (χ2v) is 3.36. The van der Waals surface area contributed by atoms with E-state index in [1.807, 2.05) is 13.8 Å². The largest absolute Gasteiger partial charge is 0.494 e. The van der Waals surface area contributed by atoms with Crippen LogP contribution in [-0.2, 0) is 0 Å². The number of aryl methyl sites for hydroxylation is 2. The number of rotatable bonds is 1. The van der Waals surface area contributed by atoms with Crippen LogP contribution in [0, 0.1) is 19.7 Å². The molecule has 0 aliphatic heterocycles. The fourth-order valence-corrected chi connectivity index (χ4v) is 1.58. The molecule has 1 aromatic carbocycles. The Labute approximate surface area is 86.9 Å². The lowest BCUT2D eigenvalue weighted by molar-refractivity contribution is 0.387. The van der Waals surface area contributed by atoms with E-state index in [9.17, 15) is 4.39 Å². The van der Waals surface area contributed by atoms with Crippen molar-refractivity contribution in [1.29, 1.82) is 0 Å². The second kappa shape index (κ2) is 3.46. The topological polar surface area (TPSA) is 35.0 Å². The molecule has 4 heteroatoms. The van der Waals surface area contributed by atoms with Crippen LogP contribution in [0.1, 0.15) is 11.5 Å². The predicted molar refractivity (Wildman–Crippen MR) is 55.5 cm³/mol. The summed E-state index contributed by atoms with van der Waals surface area (Å²) in [5, 5.41) is 0.721. The number of halogens is 1. The first-order valence-corrected chi connectivity index (χ1v) is 4.60. The van der Waals surface area contributed by atoms with Gasteiger partial charge < -0.3 is 4.74 Å². The Morgan fingerprint density at radius 1 is 1.20 bits per heavy atom. The minimum atomic E-state index is -0.388. The van der Waals surface area contributed by atoms with Crippen molar-refractivity contribution in [3.05, 3.63) is 29.5 Å². The third-order valence-electron chi connectivity index (χ3n) is 2.27. The zero-order chi connectivity index (χ0) is 11.0. The van der Waals surface area contributed by atoms with Gasteiger partial charge in [-0.25, -0.2) is 14.4 Å². The molecule has 1 aromatic heterocycles. The van der Waals surface area contributed by atoms with Crippen LogP contribution < -0.4 is 4.74 Å². The molecule has 78 valence electrons. The van der Waals surface area contributed by atoms with Crippen molar-refractivity contribution < 1.29 is 9.13 Å². The van der Waals surface area contributed by atoms with Gasteiger partial charge in [0, 0.05) is 17.1 Å². The van der Waals surface area contributed by atoms with Gasteiger partial charge in [0.15, 0.2) is 11.6 Å². The van der Waals surface area contributed by atoms with Gasteiger partial charge in [0.2, 0.25) is 0 Å². The van der Waals surface area contributed by atoms with Crippen molar-refractivity contribution in [1.82, 2.24) is 9.97 Å². The van der Waals surface area contributed by atoms with Gasteiger partial charge in [-0.2, -0.15) is 0 Å². The third kappa shape index (κ3) is 1.63. The van der Waals surface area contributed by atoms with E-state index in [4.69, 9.17) is 4.74 Å². The van der Waals surface area contributed by atoms with E-state index >= 15 is 0 Å². The Bertz CT molecular complexity index is 525. The Balaban J connectivity index is 2.81. The smallest absolute Gasteiger partial charge is 0.165 e. The van der Waals surface area contributed by atoms with Crippen LogP contribution in [0.15, 0.2) is 12.1 Å². The van der Waals surface area contributed by atoms with Crippen LogP contribution >= 0.6 is 0 Å². The fourth-order valence-electron chi connectivity index (χ4n) is 1.58. The maximum Gasteiger partial charge on any atom is 0.165 e. The summed E-state index contributed by atoms with van der Waals surface area (Å²) in [6, 6.07) is 3.00. The van der Waals surface area contributed by atoms with Crippen molar-refractivity contribution in [2.45, 2.75) is 13.8 Å². The number of methoxy groups -OCH3 is 1. The molecule has 1 heterocycles. The monoisotopic (exact) mass is 206 g/mol. The highest BCUT2D eigenvalue weighted by atomic mass is 19.1. The van der Waals surface area contributed by atoms with Crippen molar-refractivity contribution >= 4 is 10.9 Å². The van der Waals surface area contributed by atoms with Crippen molar-refractivity contribution in [3.63, 3.8) is 0 Å². The highest BCUT2D eigenvalue weighted by Crippen LogP contribution is 2.24. The van der Waals surface area contributed by atoms with Gasteiger partial charge in [0.25, 0.3) is 0 Å². The third-order valence-corrected chi connectivity index (χ3v) is 2.27. The molecule has 0 aliphatic carbocycles. The SMILES string of the molecule is COc1cc2nc(C)nc(C)c2cc1F. The summed E-state index contributed by atoms with van der Waals surface area (Å²) >= 11 is 0. The molecule has 0 saturated carbocycles. The van der Waals surface area contributed by atoms with Gasteiger partial charge in [-0.15, -0.1) is 0 Å². The number of hydrogen-bond donors (Lipinski definition) is 0. The van der Waals surface area contributed by atoms with Gasteiger partial charge in [-0.05, 0) is 19.9 Å². The molecular formula is C11H11FN2O. The van der Waals surface area contributed by atoms with Gasteiger partial charge in [0.1, 0.15) is 5.82 Å². The predicted octanol–water partition coefficient (Wildman–Crippen LogP) is 2.39. The lowest BCUT2D eigenvalue weighted by Gasteiger charge is -2.06. The average molecular weight is 206 g/mol. The first-order valence-electron chi connectivity index (χ1n) is 4.60. The second-order valence-electron chi connectivity index (χ2n) is 3.36. The van der Waals surface area contributed by atoms with Crippen LogP contribution in [0.25, 0.3) is 10.9 Å². The molecule has 0 spiro atoms. The van der Waals surface area contributed by atoms with E-state index < -0.39 is 0 Å². The van der Waals surface area contributed by atoms with E-state index in [1.54, 1.807) is 6.07 Å². The lowest BCUT2D eigenvalue weighted by atomic mass is 10.2. The van der Waals surface area contributed by atoms with Crippen LogP contribution in [0.4, 0.5) is 4.39 Å². The van der Waals surface area contributed by atoms with Crippen molar-refractivity contribution in [3.8, 4) is 5.75 Å². The number of ether oxygens (including phenoxy) is 1. The molecule has 0 radical (unpaired) electrons. The lowest BCUT2D eigenvalue weighted by Crippen LogP contribution is -1.95. The van der Waals surface area contributed by atoms with Crippen LogP contribution in [0.3, 0.4) is 0 Å². The molecule has 0 bridgehead atoms. The van der Waals surface area contributed by atoms with Crippen molar-refractivity contribution in [2.75, 3.05) is 7.11 Å². The van der Waals surface area contributed by atoms with Gasteiger partial charge in [-0.1, -0.05) is 0 Å². The van der Waals surface area contributed by atoms with Gasteiger partial charge in [0.05, 0.1) is 12.6 Å². The zero-order valence-corrected chi connectivity index (χ0v) is 8.84. The Morgan fingerprint density at radius 2 is 1.93 bits per heavy atom. The summed E-state index contributed by atoms with van der Waals surface area (Å²) in [5.74, 6) is 0.495. The average Bonchev–Trinajstić information content (AvgIpc) is 2.18. The zero-order valence-electron chi connectivity index (χ0n) is 8.84. The van der Waals surface area contributed by atoms with E-state index in [-0.39, 0.29) is 11.6 Å². The van der Waals surface area contributed by atoms with E-state index in [0.29, 0.717) is 11.3 Å². The fraction of sp³-hybridized carbons (Fsp3) is 0.273. The van der Waals surface area contributed by atoms with E-state index in [0.717, 1.165) is 11.1 Å². The molecule has 0 saturated heterocycles. The summed E-state index contributed by atoms with van der Waals surface area (Å²) in [6.45, 7) is 3.64. The number of aromatic nitrogens is 2. The number of benzene rings is 1. The molecule has 0 amide bonds. The first kappa shape index (κ1) is 9.83. The molecule has 0 fully saturated rings. The summed E-state index contributed by atoms with van der Waals surface area (Å²) in [5.41, 5.74) is 1.48. The maximum absolute atomic E-state index is 13.4. The Hall–Kier alpha value is -1.71. The van der Waals surface area contributed by atoms with E-state index in [1.165, 1.54) is 13.2 Å². The normalized spacial score (nSPS) is 10.7. The standard InChI is InChI=1S/C11H11FN2O/c1-6-8-4-9(12)11(15-3)5-10(8)14-7(2)13-6/h4-5H,1-3H3. The van der Waals surface area contributed by atoms with Gasteiger partial charge >= 0.3 is 0 Å². The molecule has 2 rings (SSSR count). The number of fused-ring (bicyclic) bond motifs is 1. The van der Waals surface area contributed by atoms with E-state index in [2.05, 4.69) is 9.97 Å². The van der Waals surface area contributed by atoms with Crippen LogP contribution in [-0.4, -0.2) is 17.1 Å². The molecular weight excluding hydrogens is 195 g/mol. The molecule has 0 atom stereocenters. The van der Waals surface area contributed by atoms with Crippen molar-refractivity contribution in [2.24, 2.45) is 0 Å². The molecule has 0 aliphatic rings. The summed E-state index contributed by atoms with van der Waals surface area (Å²) < 4.78 is 18.3. The van der Waals surface area contributed by atoms with Gasteiger partial charge in [-0.3, -0.25) is 0 Å². The van der Waals surface area contributed by atoms with Crippen LogP contribution in [0.5, 0.6) is 5.75 Å². The summed E-state index contributed by atoms with van der Waals surface area (Å²) in [7, 11) is 1.44. The molecule has 2 aromatic rings. The molecule has 0 unspecified atom stereocenters. The summed E-state index contributed by atoms with van der Waals surface area (Å²) in [4.78, 5) is 8.41. The molecule has 3 nitrogen and oxygen atoms in total. The number of hydrogen-bond acceptors (Lipinski definition) is 3. The minimum Gasteiger partial charge on any atom is -0.494 e.